The van der Waals surface area contributed by atoms with Gasteiger partial charge in [0.25, 0.3) is 0 Å². The van der Waals surface area contributed by atoms with Crippen LogP contribution < -0.4 is 0 Å². The zero-order chi connectivity index (χ0) is 10.8. The van der Waals surface area contributed by atoms with Crippen molar-refractivity contribution < 1.29 is 5.11 Å². The molecule has 15 heavy (non-hydrogen) atoms. The lowest BCUT2D eigenvalue weighted by atomic mass is 10.3. The first-order chi connectivity index (χ1) is 7.24. The molecular weight excluding hydrogens is 324 g/mol. The van der Waals surface area contributed by atoms with Crippen molar-refractivity contribution in [1.82, 2.24) is 9.78 Å². The fourth-order valence-corrected chi connectivity index (χ4v) is 2.23. The molecule has 0 atom stereocenters. The zero-order valence-corrected chi connectivity index (χ0v) is 10.9. The number of hydrogen-bond donors (Lipinski definition) is 1. The van der Waals surface area contributed by atoms with Crippen LogP contribution in [0.25, 0.3) is 5.69 Å². The molecule has 0 amide bonds. The second-order valence-electron chi connectivity index (χ2n) is 2.98. The fourth-order valence-electron chi connectivity index (χ4n) is 1.26. The molecule has 0 spiro atoms. The minimum atomic E-state index is -0.0228. The molecule has 1 N–H and O–H groups in total. The van der Waals surface area contributed by atoms with Gasteiger partial charge < -0.3 is 5.11 Å². The van der Waals surface area contributed by atoms with Gasteiger partial charge in [-0.1, -0.05) is 12.1 Å². The number of hydrogen-bond acceptors (Lipinski definition) is 2. The number of nitrogens with zero attached hydrogens (tertiary/aromatic N) is 2. The average molecular weight is 332 g/mol. The van der Waals surface area contributed by atoms with E-state index in [0.717, 1.165) is 20.3 Å². The number of aliphatic hydroxyl groups is 1. The van der Waals surface area contributed by atoms with Crippen LogP contribution in [0.4, 0.5) is 0 Å². The summed E-state index contributed by atoms with van der Waals surface area (Å²) < 4.78 is 3.46. The smallest absolute Gasteiger partial charge is 0.115 e. The van der Waals surface area contributed by atoms with Gasteiger partial charge in [0.05, 0.1) is 18.5 Å². The topological polar surface area (TPSA) is 38.1 Å². The lowest BCUT2D eigenvalue weighted by molar-refractivity contribution is 0.281. The first-order valence-electron chi connectivity index (χ1n) is 4.32. The Labute approximate surface area is 104 Å². The zero-order valence-electron chi connectivity index (χ0n) is 7.69. The van der Waals surface area contributed by atoms with E-state index in [1.54, 1.807) is 10.9 Å². The molecule has 0 unspecified atom stereocenters. The van der Waals surface area contributed by atoms with Crippen LogP contribution in [0.3, 0.4) is 0 Å². The summed E-state index contributed by atoms with van der Waals surface area (Å²) in [5, 5.41) is 13.3. The van der Waals surface area contributed by atoms with Crippen molar-refractivity contribution >= 4 is 31.9 Å². The van der Waals surface area contributed by atoms with Gasteiger partial charge in [0.15, 0.2) is 0 Å². The molecule has 0 saturated carbocycles. The normalized spacial score (nSPS) is 10.6. The number of aromatic nitrogens is 2. The molecule has 0 aliphatic rings. The third-order valence-corrected chi connectivity index (χ3v) is 3.55. The summed E-state index contributed by atoms with van der Waals surface area (Å²) in [7, 11) is 0. The van der Waals surface area contributed by atoms with Crippen LogP contribution in [0.15, 0.2) is 39.5 Å². The average Bonchev–Trinajstić information content (AvgIpc) is 2.60. The van der Waals surface area contributed by atoms with Crippen LogP contribution in [0.5, 0.6) is 0 Å². The molecule has 1 aromatic heterocycles. The molecular formula is C10H8Br2N2O. The summed E-state index contributed by atoms with van der Waals surface area (Å²) in [6.07, 6.45) is 1.64. The highest BCUT2D eigenvalue weighted by molar-refractivity contribution is 9.11. The molecule has 78 valence electrons. The fraction of sp³-hybridized carbons (Fsp3) is 0.100. The number of para-hydroxylation sites is 1. The molecule has 2 aromatic rings. The van der Waals surface area contributed by atoms with E-state index in [-0.39, 0.29) is 6.61 Å². The molecule has 0 aliphatic carbocycles. The van der Waals surface area contributed by atoms with Gasteiger partial charge >= 0.3 is 0 Å². The van der Waals surface area contributed by atoms with E-state index in [1.807, 2.05) is 24.3 Å². The maximum Gasteiger partial charge on any atom is 0.115 e. The molecule has 1 heterocycles. The van der Waals surface area contributed by atoms with E-state index in [2.05, 4.69) is 37.0 Å². The van der Waals surface area contributed by atoms with E-state index < -0.39 is 0 Å². The quantitative estimate of drug-likeness (QED) is 0.918. The van der Waals surface area contributed by atoms with E-state index in [1.165, 1.54) is 0 Å². The summed E-state index contributed by atoms with van der Waals surface area (Å²) >= 11 is 6.86. The van der Waals surface area contributed by atoms with Crippen molar-refractivity contribution in [2.45, 2.75) is 6.61 Å². The molecule has 2 rings (SSSR count). The van der Waals surface area contributed by atoms with E-state index in [4.69, 9.17) is 5.11 Å². The number of rotatable bonds is 2. The summed E-state index contributed by atoms with van der Waals surface area (Å²) in [5.41, 5.74) is 1.70. The number of benzene rings is 1. The van der Waals surface area contributed by atoms with Gasteiger partial charge in [-0.15, -0.1) is 0 Å². The molecule has 3 nitrogen and oxygen atoms in total. The van der Waals surface area contributed by atoms with Crippen LogP contribution >= 0.6 is 31.9 Å². The molecule has 1 aromatic carbocycles. The summed E-state index contributed by atoms with van der Waals surface area (Å²) in [5.74, 6) is 0. The maximum absolute atomic E-state index is 9.05. The van der Waals surface area contributed by atoms with Crippen LogP contribution in [-0.4, -0.2) is 14.9 Å². The van der Waals surface area contributed by atoms with Crippen molar-refractivity contribution in [1.29, 1.82) is 0 Å². The first kappa shape index (κ1) is 10.9. The number of aliphatic hydroxyl groups excluding tert-OH is 1. The van der Waals surface area contributed by atoms with Gasteiger partial charge in [-0.2, -0.15) is 5.10 Å². The third-order valence-electron chi connectivity index (χ3n) is 2.03. The highest BCUT2D eigenvalue weighted by Gasteiger charge is 2.10. The third kappa shape index (κ3) is 2.00. The van der Waals surface area contributed by atoms with Gasteiger partial charge in [0, 0.05) is 10.0 Å². The van der Waals surface area contributed by atoms with Crippen molar-refractivity contribution in [3.63, 3.8) is 0 Å². The molecule has 0 aliphatic heterocycles. The standard InChI is InChI=1S/C10H8Br2N2O/c11-8-3-1-2-4-9(8)14-10(12)7(6-15)5-13-14/h1-5,15H,6H2. The Bertz CT molecular complexity index is 482. The molecule has 0 saturated heterocycles. The van der Waals surface area contributed by atoms with E-state index in [0.29, 0.717) is 0 Å². The van der Waals surface area contributed by atoms with Gasteiger partial charge in [0.2, 0.25) is 0 Å². The highest BCUT2D eigenvalue weighted by Crippen LogP contribution is 2.25. The Morgan fingerprint density at radius 1 is 1.27 bits per heavy atom. The van der Waals surface area contributed by atoms with Gasteiger partial charge in [0.1, 0.15) is 4.60 Å². The molecule has 0 bridgehead atoms. The van der Waals surface area contributed by atoms with E-state index >= 15 is 0 Å². The lowest BCUT2D eigenvalue weighted by Gasteiger charge is -2.05. The van der Waals surface area contributed by atoms with Crippen molar-refractivity contribution in [2.24, 2.45) is 0 Å². The predicted molar refractivity (Wildman–Crippen MR) is 64.9 cm³/mol. The highest BCUT2D eigenvalue weighted by atomic mass is 79.9. The molecule has 0 fully saturated rings. The van der Waals surface area contributed by atoms with Crippen molar-refractivity contribution in [3.05, 3.63) is 45.1 Å². The monoisotopic (exact) mass is 330 g/mol. The van der Waals surface area contributed by atoms with Gasteiger partial charge in [-0.05, 0) is 44.0 Å². The minimum absolute atomic E-state index is 0.0228. The largest absolute Gasteiger partial charge is 0.392 e. The maximum atomic E-state index is 9.05. The van der Waals surface area contributed by atoms with Crippen LogP contribution in [0.1, 0.15) is 5.56 Å². The van der Waals surface area contributed by atoms with Crippen LogP contribution in [-0.2, 0) is 6.61 Å². The molecule has 5 heteroatoms. The number of halogens is 2. The summed E-state index contributed by atoms with van der Waals surface area (Å²) in [6.45, 7) is -0.0228. The summed E-state index contributed by atoms with van der Waals surface area (Å²) in [6, 6.07) is 7.77. The lowest BCUT2D eigenvalue weighted by Crippen LogP contribution is -1.97. The van der Waals surface area contributed by atoms with Crippen molar-refractivity contribution in [3.8, 4) is 5.69 Å². The molecule has 0 radical (unpaired) electrons. The predicted octanol–water partition coefficient (Wildman–Crippen LogP) is 2.89. The van der Waals surface area contributed by atoms with E-state index in [9.17, 15) is 0 Å². The second-order valence-corrected chi connectivity index (χ2v) is 4.59. The summed E-state index contributed by atoms with van der Waals surface area (Å²) in [4.78, 5) is 0. The Kier molecular flexibility index (Phi) is 3.23. The SMILES string of the molecule is OCc1cnn(-c2ccccc2Br)c1Br. The van der Waals surface area contributed by atoms with Gasteiger partial charge in [-0.25, -0.2) is 4.68 Å². The Morgan fingerprint density at radius 2 is 2.00 bits per heavy atom. The Morgan fingerprint density at radius 3 is 2.60 bits per heavy atom. The van der Waals surface area contributed by atoms with Gasteiger partial charge in [-0.3, -0.25) is 0 Å². The minimum Gasteiger partial charge on any atom is -0.392 e. The van der Waals surface area contributed by atoms with Crippen LogP contribution in [0.2, 0.25) is 0 Å². The Hall–Kier alpha value is -0.650. The second kappa shape index (κ2) is 4.47. The first-order valence-corrected chi connectivity index (χ1v) is 5.91. The Balaban J connectivity index is 2.55. The van der Waals surface area contributed by atoms with Crippen molar-refractivity contribution in [2.75, 3.05) is 0 Å². The van der Waals surface area contributed by atoms with Crippen LogP contribution in [0, 0.1) is 0 Å².